The highest BCUT2D eigenvalue weighted by atomic mass is 32.1. The molecule has 0 fully saturated rings. The summed E-state index contributed by atoms with van der Waals surface area (Å²) in [6.07, 6.45) is 0.935. The van der Waals surface area contributed by atoms with Gasteiger partial charge >= 0.3 is 0 Å². The fraction of sp³-hybridized carbons (Fsp3) is 0.571. The van der Waals surface area contributed by atoms with Crippen LogP contribution in [0, 0.1) is 12.3 Å². The van der Waals surface area contributed by atoms with Crippen LogP contribution in [0.2, 0.25) is 0 Å². The summed E-state index contributed by atoms with van der Waals surface area (Å²) in [5.74, 6) is -0.0904. The van der Waals surface area contributed by atoms with E-state index in [9.17, 15) is 4.79 Å². The summed E-state index contributed by atoms with van der Waals surface area (Å²) in [5, 5.41) is 8.17. The number of aryl methyl sites for hydroxylation is 2. The highest BCUT2D eigenvalue weighted by molar-refractivity contribution is 7.21. The molecular formula is C14H22N4OS. The number of carbonyl (C=O) groups excluding carboxylic acids is 1. The van der Waals surface area contributed by atoms with Crippen molar-refractivity contribution in [3.8, 4) is 0 Å². The van der Waals surface area contributed by atoms with E-state index in [0.29, 0.717) is 17.1 Å². The fourth-order valence-electron chi connectivity index (χ4n) is 2.13. The number of anilines is 1. The van der Waals surface area contributed by atoms with Crippen molar-refractivity contribution in [2.45, 2.75) is 34.1 Å². The number of nitrogens with one attached hydrogen (secondary N) is 1. The van der Waals surface area contributed by atoms with Gasteiger partial charge < -0.3 is 11.1 Å². The molecule has 2 aromatic heterocycles. The van der Waals surface area contributed by atoms with E-state index in [0.717, 1.165) is 22.3 Å². The molecule has 3 N–H and O–H groups in total. The normalized spacial score (nSPS) is 12.1. The van der Waals surface area contributed by atoms with Crippen molar-refractivity contribution < 1.29 is 4.79 Å². The highest BCUT2D eigenvalue weighted by Gasteiger charge is 2.21. The Morgan fingerprint density at radius 2 is 2.10 bits per heavy atom. The van der Waals surface area contributed by atoms with Crippen LogP contribution in [0.3, 0.4) is 0 Å². The molecule has 0 bridgehead atoms. The number of thiophene rings is 1. The topological polar surface area (TPSA) is 72.9 Å². The number of amides is 1. The third-order valence-corrected chi connectivity index (χ3v) is 4.52. The molecule has 0 spiro atoms. The van der Waals surface area contributed by atoms with Crippen LogP contribution in [0.4, 0.5) is 5.69 Å². The van der Waals surface area contributed by atoms with Gasteiger partial charge in [-0.25, -0.2) is 0 Å². The van der Waals surface area contributed by atoms with E-state index in [-0.39, 0.29) is 11.3 Å². The first-order valence-corrected chi connectivity index (χ1v) is 7.52. The lowest BCUT2D eigenvalue weighted by atomic mass is 9.92. The summed E-state index contributed by atoms with van der Waals surface area (Å²) < 4.78 is 1.78. The standard InChI is InChI=1S/C14H22N4OS/c1-8-9-10(15)11(20-13(9)18(5)17-8)12(19)16-7-6-14(2,3)4/h6-7,15H2,1-5H3,(H,16,19). The molecule has 0 aliphatic heterocycles. The van der Waals surface area contributed by atoms with Crippen molar-refractivity contribution in [1.82, 2.24) is 15.1 Å². The van der Waals surface area contributed by atoms with Gasteiger partial charge in [-0.3, -0.25) is 9.48 Å². The zero-order chi connectivity index (χ0) is 15.1. The third kappa shape index (κ3) is 2.80. The quantitative estimate of drug-likeness (QED) is 0.914. The summed E-state index contributed by atoms with van der Waals surface area (Å²) in [7, 11) is 1.87. The summed E-state index contributed by atoms with van der Waals surface area (Å²) in [6.45, 7) is 9.03. The molecule has 0 radical (unpaired) electrons. The van der Waals surface area contributed by atoms with Gasteiger partial charge in [0.25, 0.3) is 5.91 Å². The van der Waals surface area contributed by atoms with Crippen LogP contribution in [0.15, 0.2) is 0 Å². The Labute approximate surface area is 123 Å². The second-order valence-corrected chi connectivity index (χ2v) is 7.30. The van der Waals surface area contributed by atoms with Gasteiger partial charge in [0.2, 0.25) is 0 Å². The second kappa shape index (κ2) is 5.09. The first-order valence-electron chi connectivity index (χ1n) is 6.70. The van der Waals surface area contributed by atoms with Gasteiger partial charge in [0.05, 0.1) is 16.8 Å². The predicted octanol–water partition coefficient (Wildman–Crippen LogP) is 2.69. The summed E-state index contributed by atoms with van der Waals surface area (Å²) >= 11 is 1.40. The lowest BCUT2D eigenvalue weighted by Gasteiger charge is -2.17. The summed E-state index contributed by atoms with van der Waals surface area (Å²) in [6, 6.07) is 0. The number of nitrogens with two attached hydrogens (primary N) is 1. The predicted molar refractivity (Wildman–Crippen MR) is 84.1 cm³/mol. The maximum atomic E-state index is 12.2. The van der Waals surface area contributed by atoms with Crippen molar-refractivity contribution in [2.24, 2.45) is 12.5 Å². The summed E-state index contributed by atoms with van der Waals surface area (Å²) in [4.78, 5) is 13.8. The Morgan fingerprint density at radius 1 is 1.45 bits per heavy atom. The second-order valence-electron chi connectivity index (χ2n) is 6.30. The van der Waals surface area contributed by atoms with Crippen molar-refractivity contribution in [3.05, 3.63) is 10.6 Å². The number of carbonyl (C=O) groups is 1. The van der Waals surface area contributed by atoms with Crippen LogP contribution in [0.25, 0.3) is 10.2 Å². The smallest absolute Gasteiger partial charge is 0.263 e. The molecule has 5 nitrogen and oxygen atoms in total. The van der Waals surface area contributed by atoms with Crippen LogP contribution < -0.4 is 11.1 Å². The minimum atomic E-state index is -0.0904. The molecule has 0 saturated carbocycles. The zero-order valence-electron chi connectivity index (χ0n) is 12.7. The van der Waals surface area contributed by atoms with Gasteiger partial charge in [-0.2, -0.15) is 5.10 Å². The van der Waals surface area contributed by atoms with Gasteiger partial charge in [0.1, 0.15) is 9.71 Å². The van der Waals surface area contributed by atoms with E-state index in [1.807, 2.05) is 14.0 Å². The Balaban J connectivity index is 2.19. The molecule has 0 aromatic carbocycles. The van der Waals surface area contributed by atoms with Crippen LogP contribution in [-0.4, -0.2) is 22.2 Å². The molecule has 0 atom stereocenters. The van der Waals surface area contributed by atoms with E-state index in [1.54, 1.807) is 4.68 Å². The minimum absolute atomic E-state index is 0.0904. The van der Waals surface area contributed by atoms with E-state index in [2.05, 4.69) is 31.2 Å². The monoisotopic (exact) mass is 294 g/mol. The van der Waals surface area contributed by atoms with Crippen molar-refractivity contribution in [2.75, 3.05) is 12.3 Å². The highest BCUT2D eigenvalue weighted by Crippen LogP contribution is 2.35. The molecule has 2 rings (SSSR count). The lowest BCUT2D eigenvalue weighted by molar-refractivity contribution is 0.0954. The van der Waals surface area contributed by atoms with Gasteiger partial charge in [0, 0.05) is 13.6 Å². The lowest BCUT2D eigenvalue weighted by Crippen LogP contribution is -2.27. The molecule has 2 aromatic rings. The molecule has 0 aliphatic rings. The molecule has 0 unspecified atom stereocenters. The van der Waals surface area contributed by atoms with Gasteiger partial charge in [-0.15, -0.1) is 11.3 Å². The van der Waals surface area contributed by atoms with E-state index < -0.39 is 0 Å². The number of aromatic nitrogens is 2. The van der Waals surface area contributed by atoms with Crippen LogP contribution in [0.5, 0.6) is 0 Å². The Bertz CT molecular complexity index is 648. The number of nitrogens with zero attached hydrogens (tertiary/aromatic N) is 2. The SMILES string of the molecule is Cc1nn(C)c2sc(C(=O)NCCC(C)(C)C)c(N)c12. The van der Waals surface area contributed by atoms with Crippen LogP contribution in [-0.2, 0) is 7.05 Å². The van der Waals surface area contributed by atoms with Crippen LogP contribution >= 0.6 is 11.3 Å². The average Bonchev–Trinajstić information content (AvgIpc) is 2.77. The average molecular weight is 294 g/mol. The summed E-state index contributed by atoms with van der Waals surface area (Å²) in [5.41, 5.74) is 7.73. The number of hydrogen-bond acceptors (Lipinski definition) is 4. The van der Waals surface area contributed by atoms with Gasteiger partial charge in [0.15, 0.2) is 0 Å². The Morgan fingerprint density at radius 3 is 2.65 bits per heavy atom. The Hall–Kier alpha value is -1.56. The molecule has 6 heteroatoms. The maximum absolute atomic E-state index is 12.2. The molecular weight excluding hydrogens is 272 g/mol. The van der Waals surface area contributed by atoms with Crippen LogP contribution in [0.1, 0.15) is 42.6 Å². The first kappa shape index (κ1) is 14.8. The van der Waals surface area contributed by atoms with Crippen molar-refractivity contribution in [3.63, 3.8) is 0 Å². The molecule has 2 heterocycles. The van der Waals surface area contributed by atoms with Gasteiger partial charge in [-0.1, -0.05) is 20.8 Å². The maximum Gasteiger partial charge on any atom is 0.263 e. The zero-order valence-corrected chi connectivity index (χ0v) is 13.5. The van der Waals surface area contributed by atoms with Gasteiger partial charge in [-0.05, 0) is 18.8 Å². The Kier molecular flexibility index (Phi) is 3.77. The number of fused-ring (bicyclic) bond motifs is 1. The van der Waals surface area contributed by atoms with E-state index >= 15 is 0 Å². The van der Waals surface area contributed by atoms with E-state index in [4.69, 9.17) is 5.73 Å². The molecule has 0 aliphatic carbocycles. The number of rotatable bonds is 3. The third-order valence-electron chi connectivity index (χ3n) is 3.25. The number of hydrogen-bond donors (Lipinski definition) is 2. The molecule has 20 heavy (non-hydrogen) atoms. The minimum Gasteiger partial charge on any atom is -0.397 e. The molecule has 0 saturated heterocycles. The van der Waals surface area contributed by atoms with Crippen molar-refractivity contribution in [1.29, 1.82) is 0 Å². The number of nitrogen functional groups attached to an aromatic ring is 1. The fourth-order valence-corrected chi connectivity index (χ4v) is 3.23. The van der Waals surface area contributed by atoms with Crippen molar-refractivity contribution >= 4 is 33.1 Å². The first-order chi connectivity index (χ1) is 9.20. The molecule has 1 amide bonds. The van der Waals surface area contributed by atoms with E-state index in [1.165, 1.54) is 11.3 Å². The largest absolute Gasteiger partial charge is 0.397 e. The molecule has 110 valence electrons.